The third kappa shape index (κ3) is 3.78. The molecule has 0 aromatic carbocycles. The lowest BCUT2D eigenvalue weighted by Crippen LogP contribution is -2.55. The highest BCUT2D eigenvalue weighted by atomic mass is 16.4. The molecule has 0 heterocycles. The van der Waals surface area contributed by atoms with Crippen molar-refractivity contribution < 1.29 is 9.90 Å². The first-order valence-corrected chi connectivity index (χ1v) is 6.59. The van der Waals surface area contributed by atoms with E-state index in [2.05, 4.69) is 12.2 Å². The number of unbranched alkanes of at least 4 members (excludes halogenated alkanes) is 3. The van der Waals surface area contributed by atoms with Crippen LogP contribution in [0.1, 0.15) is 65.2 Å². The van der Waals surface area contributed by atoms with E-state index in [-0.39, 0.29) is 0 Å². The Morgan fingerprint density at radius 1 is 1.38 bits per heavy atom. The Hall–Kier alpha value is -0.570. The normalized spacial score (nSPS) is 20.1. The molecule has 1 aliphatic rings. The number of hydrogen-bond donors (Lipinski definition) is 2. The van der Waals surface area contributed by atoms with Crippen LogP contribution in [0.25, 0.3) is 0 Å². The van der Waals surface area contributed by atoms with Crippen LogP contribution in [0.3, 0.4) is 0 Å². The molecule has 1 aliphatic carbocycles. The van der Waals surface area contributed by atoms with E-state index in [1.165, 1.54) is 19.3 Å². The molecular formula is C13H25NO2. The van der Waals surface area contributed by atoms with Gasteiger partial charge in [-0.25, -0.2) is 0 Å². The van der Waals surface area contributed by atoms with Crippen molar-refractivity contribution in [2.75, 3.05) is 0 Å². The Kier molecular flexibility index (Phi) is 5.26. The molecule has 1 atom stereocenters. The molecule has 0 radical (unpaired) electrons. The van der Waals surface area contributed by atoms with Crippen molar-refractivity contribution in [3.8, 4) is 0 Å². The topological polar surface area (TPSA) is 49.3 Å². The Morgan fingerprint density at radius 3 is 2.50 bits per heavy atom. The van der Waals surface area contributed by atoms with Gasteiger partial charge in [0.15, 0.2) is 0 Å². The number of aliphatic carboxylic acids is 1. The minimum absolute atomic E-state index is 0.437. The van der Waals surface area contributed by atoms with Crippen LogP contribution in [0, 0.1) is 0 Å². The van der Waals surface area contributed by atoms with Gasteiger partial charge in [-0.3, -0.25) is 10.1 Å². The van der Waals surface area contributed by atoms with Crippen molar-refractivity contribution >= 4 is 5.97 Å². The van der Waals surface area contributed by atoms with Crippen LogP contribution in [0.5, 0.6) is 0 Å². The summed E-state index contributed by atoms with van der Waals surface area (Å²) < 4.78 is 0. The average molecular weight is 227 g/mol. The fourth-order valence-corrected chi connectivity index (χ4v) is 2.15. The van der Waals surface area contributed by atoms with Gasteiger partial charge in [0, 0.05) is 6.04 Å². The molecule has 0 saturated heterocycles. The van der Waals surface area contributed by atoms with Gasteiger partial charge in [0.2, 0.25) is 0 Å². The third-order valence-electron chi connectivity index (χ3n) is 3.63. The molecule has 1 unspecified atom stereocenters. The predicted octanol–water partition coefficient (Wildman–Crippen LogP) is 2.94. The summed E-state index contributed by atoms with van der Waals surface area (Å²) in [6.07, 6.45) is 8.82. The average Bonchev–Trinajstić information content (AvgIpc) is 2.18. The predicted molar refractivity (Wildman–Crippen MR) is 65.6 cm³/mol. The summed E-state index contributed by atoms with van der Waals surface area (Å²) in [4.78, 5) is 11.3. The van der Waals surface area contributed by atoms with Gasteiger partial charge in [0.25, 0.3) is 0 Å². The number of rotatable bonds is 8. The molecule has 1 rings (SSSR count). The van der Waals surface area contributed by atoms with E-state index in [0.717, 1.165) is 32.1 Å². The minimum atomic E-state index is -0.709. The number of nitrogens with one attached hydrogen (secondary N) is 1. The van der Waals surface area contributed by atoms with Crippen molar-refractivity contribution in [3.05, 3.63) is 0 Å². The maximum atomic E-state index is 11.3. The van der Waals surface area contributed by atoms with Gasteiger partial charge in [-0.05, 0) is 26.2 Å². The van der Waals surface area contributed by atoms with Crippen LogP contribution in [-0.2, 0) is 4.79 Å². The molecular weight excluding hydrogens is 202 g/mol. The molecule has 16 heavy (non-hydrogen) atoms. The minimum Gasteiger partial charge on any atom is -0.480 e. The first-order valence-electron chi connectivity index (χ1n) is 6.59. The molecule has 1 saturated carbocycles. The second kappa shape index (κ2) is 6.24. The zero-order chi connectivity index (χ0) is 12.0. The van der Waals surface area contributed by atoms with E-state index in [4.69, 9.17) is 0 Å². The van der Waals surface area contributed by atoms with Gasteiger partial charge in [-0.2, -0.15) is 0 Å². The highest BCUT2D eigenvalue weighted by molar-refractivity contribution is 5.78. The van der Waals surface area contributed by atoms with Crippen LogP contribution in [0.2, 0.25) is 0 Å². The largest absolute Gasteiger partial charge is 0.480 e. The first-order chi connectivity index (χ1) is 7.58. The van der Waals surface area contributed by atoms with Crippen molar-refractivity contribution in [1.29, 1.82) is 0 Å². The molecule has 1 fully saturated rings. The van der Waals surface area contributed by atoms with Gasteiger partial charge in [-0.1, -0.05) is 39.0 Å². The van der Waals surface area contributed by atoms with Gasteiger partial charge in [0.1, 0.15) is 5.54 Å². The van der Waals surface area contributed by atoms with E-state index < -0.39 is 11.5 Å². The molecule has 0 aliphatic heterocycles. The van der Waals surface area contributed by atoms with Crippen molar-refractivity contribution in [2.24, 2.45) is 0 Å². The van der Waals surface area contributed by atoms with Crippen LogP contribution in [0.4, 0.5) is 0 Å². The molecule has 0 spiro atoms. The SMILES string of the molecule is CCCCCCC(C)(NC1CCC1)C(=O)O. The maximum absolute atomic E-state index is 11.3. The van der Waals surface area contributed by atoms with Crippen LogP contribution in [0.15, 0.2) is 0 Å². The fraction of sp³-hybridized carbons (Fsp3) is 0.923. The molecule has 3 heteroatoms. The monoisotopic (exact) mass is 227 g/mol. The lowest BCUT2D eigenvalue weighted by molar-refractivity contribution is -0.145. The number of carboxylic acid groups (broad SMARTS) is 1. The van der Waals surface area contributed by atoms with Crippen LogP contribution >= 0.6 is 0 Å². The van der Waals surface area contributed by atoms with Gasteiger partial charge >= 0.3 is 5.97 Å². The molecule has 0 aromatic rings. The van der Waals surface area contributed by atoms with Crippen molar-refractivity contribution in [3.63, 3.8) is 0 Å². The molecule has 3 nitrogen and oxygen atoms in total. The summed E-state index contributed by atoms with van der Waals surface area (Å²) in [5.41, 5.74) is -0.709. The van der Waals surface area contributed by atoms with E-state index in [0.29, 0.717) is 6.04 Å². The zero-order valence-corrected chi connectivity index (χ0v) is 10.6. The number of carbonyl (C=O) groups is 1. The first kappa shape index (κ1) is 13.5. The number of hydrogen-bond acceptors (Lipinski definition) is 2. The summed E-state index contributed by atoms with van der Waals surface area (Å²) in [7, 11) is 0. The standard InChI is InChI=1S/C13H25NO2/c1-3-4-5-6-10-13(2,12(15)16)14-11-8-7-9-11/h11,14H,3-10H2,1-2H3,(H,15,16). The summed E-state index contributed by atoms with van der Waals surface area (Å²) in [6, 6.07) is 0.437. The Labute approximate surface area is 98.6 Å². The number of carboxylic acids is 1. The van der Waals surface area contributed by atoms with Gasteiger partial charge in [-0.15, -0.1) is 0 Å². The molecule has 94 valence electrons. The Bertz CT molecular complexity index is 226. The quantitative estimate of drug-likeness (QED) is 0.627. The van der Waals surface area contributed by atoms with Crippen LogP contribution < -0.4 is 5.32 Å². The molecule has 0 amide bonds. The van der Waals surface area contributed by atoms with E-state index >= 15 is 0 Å². The highest BCUT2D eigenvalue weighted by Crippen LogP contribution is 2.24. The van der Waals surface area contributed by atoms with Crippen molar-refractivity contribution in [2.45, 2.75) is 76.8 Å². The third-order valence-corrected chi connectivity index (χ3v) is 3.63. The Morgan fingerprint density at radius 2 is 2.06 bits per heavy atom. The molecule has 2 N–H and O–H groups in total. The molecule has 0 bridgehead atoms. The van der Waals surface area contributed by atoms with Crippen molar-refractivity contribution in [1.82, 2.24) is 5.32 Å². The lowest BCUT2D eigenvalue weighted by Gasteiger charge is -2.36. The summed E-state index contributed by atoms with van der Waals surface area (Å²) >= 11 is 0. The van der Waals surface area contributed by atoms with Gasteiger partial charge in [0.05, 0.1) is 0 Å². The second-order valence-corrected chi connectivity index (χ2v) is 5.22. The highest BCUT2D eigenvalue weighted by Gasteiger charge is 2.35. The Balaban J connectivity index is 2.34. The summed E-state index contributed by atoms with van der Waals surface area (Å²) in [5, 5.41) is 12.6. The van der Waals surface area contributed by atoms with E-state index in [9.17, 15) is 9.90 Å². The maximum Gasteiger partial charge on any atom is 0.323 e. The van der Waals surface area contributed by atoms with E-state index in [1.54, 1.807) is 0 Å². The fourth-order valence-electron chi connectivity index (χ4n) is 2.15. The summed E-state index contributed by atoms with van der Waals surface area (Å²) in [5.74, 6) is -0.698. The van der Waals surface area contributed by atoms with Gasteiger partial charge < -0.3 is 5.11 Å². The summed E-state index contributed by atoms with van der Waals surface area (Å²) in [6.45, 7) is 4.00. The molecule has 0 aromatic heterocycles. The zero-order valence-electron chi connectivity index (χ0n) is 10.6. The second-order valence-electron chi connectivity index (χ2n) is 5.22. The smallest absolute Gasteiger partial charge is 0.323 e. The van der Waals surface area contributed by atoms with Crippen LogP contribution in [-0.4, -0.2) is 22.7 Å². The van der Waals surface area contributed by atoms with E-state index in [1.807, 2.05) is 6.92 Å². The lowest BCUT2D eigenvalue weighted by atomic mass is 9.87.